The zero-order chi connectivity index (χ0) is 19.9. The van der Waals surface area contributed by atoms with Gasteiger partial charge in [-0.15, -0.1) is 0 Å². The van der Waals surface area contributed by atoms with Gasteiger partial charge in [-0.25, -0.2) is 8.78 Å². The summed E-state index contributed by atoms with van der Waals surface area (Å²) in [6, 6.07) is 12.3. The molecule has 1 saturated heterocycles. The van der Waals surface area contributed by atoms with Crippen LogP contribution in [0.5, 0.6) is 0 Å². The fourth-order valence-electron chi connectivity index (χ4n) is 3.53. The largest absolute Gasteiger partial charge is 0.372 e. The van der Waals surface area contributed by atoms with Gasteiger partial charge in [-0.3, -0.25) is 4.99 Å². The topological polar surface area (TPSA) is 39.7 Å². The Labute approximate surface area is 165 Å². The lowest BCUT2D eigenvalue weighted by molar-refractivity contribution is 0.579. The molecule has 0 radical (unpaired) electrons. The molecule has 150 valence electrons. The Bertz CT molecular complexity index is 796. The molecule has 1 atom stereocenters. The van der Waals surface area contributed by atoms with Crippen molar-refractivity contribution in [3.63, 3.8) is 0 Å². The van der Waals surface area contributed by atoms with Gasteiger partial charge in [0.1, 0.15) is 11.6 Å². The molecular formula is C22H28F2N4. The van der Waals surface area contributed by atoms with E-state index in [1.165, 1.54) is 36.2 Å². The molecule has 2 aromatic rings. The van der Waals surface area contributed by atoms with Crippen LogP contribution in [0.2, 0.25) is 0 Å². The molecule has 1 aliphatic rings. The highest BCUT2D eigenvalue weighted by Gasteiger charge is 2.14. The molecule has 2 aromatic carbocycles. The van der Waals surface area contributed by atoms with Crippen LogP contribution in [0.4, 0.5) is 14.5 Å². The van der Waals surface area contributed by atoms with Crippen LogP contribution >= 0.6 is 0 Å². The number of aliphatic imine (C=N–C) groups is 1. The molecule has 0 aromatic heterocycles. The van der Waals surface area contributed by atoms with E-state index in [0.717, 1.165) is 19.2 Å². The summed E-state index contributed by atoms with van der Waals surface area (Å²) in [5.41, 5.74) is 3.08. The quantitative estimate of drug-likeness (QED) is 0.582. The molecule has 1 aliphatic heterocycles. The summed E-state index contributed by atoms with van der Waals surface area (Å²) in [5, 5.41) is 6.59. The zero-order valence-corrected chi connectivity index (χ0v) is 16.5. The standard InChI is InChI=1S/C22H28F2N4/c1-16(18-6-5-7-21(14-18)28-10-3-4-11-28)27-22(25-2)26-9-8-17-12-19(23)15-20(24)13-17/h5-7,12-16H,3-4,8-11H2,1-2H3,(H2,25,26,27). The molecule has 28 heavy (non-hydrogen) atoms. The van der Waals surface area contributed by atoms with Gasteiger partial charge >= 0.3 is 0 Å². The maximum Gasteiger partial charge on any atom is 0.191 e. The van der Waals surface area contributed by atoms with Gasteiger partial charge in [-0.05, 0) is 61.6 Å². The molecule has 0 aliphatic carbocycles. The summed E-state index contributed by atoms with van der Waals surface area (Å²) >= 11 is 0. The number of benzene rings is 2. The molecule has 0 spiro atoms. The van der Waals surface area contributed by atoms with E-state index in [1.54, 1.807) is 7.05 Å². The van der Waals surface area contributed by atoms with Gasteiger partial charge in [0.15, 0.2) is 5.96 Å². The number of anilines is 1. The molecule has 0 saturated carbocycles. The van der Waals surface area contributed by atoms with Gasteiger partial charge in [-0.1, -0.05) is 12.1 Å². The van der Waals surface area contributed by atoms with Crippen LogP contribution in [0.15, 0.2) is 47.5 Å². The first kappa shape index (κ1) is 20.1. The van der Waals surface area contributed by atoms with E-state index in [1.807, 2.05) is 0 Å². The van der Waals surface area contributed by atoms with Crippen molar-refractivity contribution in [2.45, 2.75) is 32.2 Å². The third kappa shape index (κ3) is 5.44. The van der Waals surface area contributed by atoms with Crippen LogP contribution in [0, 0.1) is 11.6 Å². The smallest absolute Gasteiger partial charge is 0.191 e. The van der Waals surface area contributed by atoms with E-state index in [9.17, 15) is 8.78 Å². The minimum Gasteiger partial charge on any atom is -0.372 e. The van der Waals surface area contributed by atoms with Gasteiger partial charge in [-0.2, -0.15) is 0 Å². The summed E-state index contributed by atoms with van der Waals surface area (Å²) in [7, 11) is 1.71. The third-order valence-electron chi connectivity index (χ3n) is 5.05. The molecule has 3 rings (SSSR count). The van der Waals surface area contributed by atoms with Crippen LogP contribution in [0.25, 0.3) is 0 Å². The summed E-state index contributed by atoms with van der Waals surface area (Å²) in [4.78, 5) is 6.67. The lowest BCUT2D eigenvalue weighted by atomic mass is 10.1. The van der Waals surface area contributed by atoms with Crippen molar-refractivity contribution >= 4 is 11.6 Å². The molecule has 4 nitrogen and oxygen atoms in total. The first-order valence-corrected chi connectivity index (χ1v) is 9.82. The summed E-state index contributed by atoms with van der Waals surface area (Å²) in [6.07, 6.45) is 3.02. The molecular weight excluding hydrogens is 358 g/mol. The van der Waals surface area contributed by atoms with Gasteiger partial charge in [0.05, 0.1) is 6.04 Å². The van der Waals surface area contributed by atoms with Gasteiger partial charge in [0.2, 0.25) is 0 Å². The highest BCUT2D eigenvalue weighted by molar-refractivity contribution is 5.80. The van der Waals surface area contributed by atoms with E-state index in [4.69, 9.17) is 0 Å². The number of rotatable bonds is 6. The van der Waals surface area contributed by atoms with Crippen molar-refractivity contribution in [1.82, 2.24) is 10.6 Å². The fraction of sp³-hybridized carbons (Fsp3) is 0.409. The fourth-order valence-corrected chi connectivity index (χ4v) is 3.53. The number of hydrogen-bond donors (Lipinski definition) is 2. The number of halogens is 2. The van der Waals surface area contributed by atoms with E-state index in [-0.39, 0.29) is 6.04 Å². The van der Waals surface area contributed by atoms with Crippen LogP contribution in [-0.4, -0.2) is 32.6 Å². The van der Waals surface area contributed by atoms with Gasteiger partial charge < -0.3 is 15.5 Å². The van der Waals surface area contributed by atoms with Gasteiger partial charge in [0.25, 0.3) is 0 Å². The Morgan fingerprint density at radius 2 is 1.82 bits per heavy atom. The maximum absolute atomic E-state index is 13.3. The Morgan fingerprint density at radius 3 is 2.50 bits per heavy atom. The lowest BCUT2D eigenvalue weighted by Gasteiger charge is -2.22. The molecule has 1 heterocycles. The second-order valence-corrected chi connectivity index (χ2v) is 7.18. The maximum atomic E-state index is 13.3. The molecule has 0 bridgehead atoms. The van der Waals surface area contributed by atoms with Crippen molar-refractivity contribution in [3.05, 3.63) is 65.2 Å². The Hall–Kier alpha value is -2.63. The van der Waals surface area contributed by atoms with Crippen LogP contribution < -0.4 is 15.5 Å². The monoisotopic (exact) mass is 386 g/mol. The highest BCUT2D eigenvalue weighted by Crippen LogP contribution is 2.23. The van der Waals surface area contributed by atoms with E-state index in [2.05, 4.69) is 51.7 Å². The highest BCUT2D eigenvalue weighted by atomic mass is 19.1. The number of nitrogens with zero attached hydrogens (tertiary/aromatic N) is 2. The van der Waals surface area contributed by atoms with E-state index < -0.39 is 11.6 Å². The number of hydrogen-bond acceptors (Lipinski definition) is 2. The number of guanidine groups is 1. The van der Waals surface area contributed by atoms with Crippen molar-refractivity contribution in [2.75, 3.05) is 31.6 Å². The Morgan fingerprint density at radius 1 is 1.11 bits per heavy atom. The second-order valence-electron chi connectivity index (χ2n) is 7.18. The Kier molecular flexibility index (Phi) is 6.85. The predicted molar refractivity (Wildman–Crippen MR) is 111 cm³/mol. The SMILES string of the molecule is CN=C(NCCc1cc(F)cc(F)c1)NC(C)c1cccc(N2CCCC2)c1. The molecule has 0 amide bonds. The number of nitrogens with one attached hydrogen (secondary N) is 2. The summed E-state index contributed by atoms with van der Waals surface area (Å²) in [5.74, 6) is -0.441. The zero-order valence-electron chi connectivity index (χ0n) is 16.5. The third-order valence-corrected chi connectivity index (χ3v) is 5.05. The first-order valence-electron chi connectivity index (χ1n) is 9.82. The van der Waals surface area contributed by atoms with Crippen molar-refractivity contribution in [2.24, 2.45) is 4.99 Å². The molecule has 1 unspecified atom stereocenters. The normalized spacial score (nSPS) is 15.6. The summed E-state index contributed by atoms with van der Waals surface area (Å²) < 4.78 is 26.6. The minimum atomic E-state index is -0.552. The molecule has 2 N–H and O–H groups in total. The van der Waals surface area contributed by atoms with E-state index in [0.29, 0.717) is 24.5 Å². The van der Waals surface area contributed by atoms with Gasteiger partial charge in [0, 0.05) is 38.4 Å². The van der Waals surface area contributed by atoms with Crippen LogP contribution in [-0.2, 0) is 6.42 Å². The van der Waals surface area contributed by atoms with Crippen molar-refractivity contribution in [3.8, 4) is 0 Å². The predicted octanol–water partition coefficient (Wildman–Crippen LogP) is 4.03. The van der Waals surface area contributed by atoms with Crippen LogP contribution in [0.3, 0.4) is 0 Å². The lowest BCUT2D eigenvalue weighted by Crippen LogP contribution is -2.39. The average Bonchev–Trinajstić information content (AvgIpc) is 3.21. The Balaban J connectivity index is 1.54. The average molecular weight is 386 g/mol. The van der Waals surface area contributed by atoms with Crippen molar-refractivity contribution < 1.29 is 8.78 Å². The summed E-state index contributed by atoms with van der Waals surface area (Å²) in [6.45, 7) is 4.87. The van der Waals surface area contributed by atoms with E-state index >= 15 is 0 Å². The van der Waals surface area contributed by atoms with Crippen LogP contribution in [0.1, 0.15) is 36.9 Å². The second kappa shape index (κ2) is 9.53. The molecule has 1 fully saturated rings. The van der Waals surface area contributed by atoms with Crippen molar-refractivity contribution in [1.29, 1.82) is 0 Å². The first-order chi connectivity index (χ1) is 13.5. The molecule has 6 heteroatoms. The minimum absolute atomic E-state index is 0.0837.